The molecule has 7 nitrogen and oxygen atoms in total. The summed E-state index contributed by atoms with van der Waals surface area (Å²) in [5.74, 6) is -0.182. The summed E-state index contributed by atoms with van der Waals surface area (Å²) >= 11 is 0. The van der Waals surface area contributed by atoms with E-state index >= 15 is 0 Å². The number of ether oxygens (including phenoxy) is 1. The molecule has 0 unspecified atom stereocenters. The van der Waals surface area contributed by atoms with Crippen molar-refractivity contribution in [1.82, 2.24) is 10.3 Å². The third-order valence-electron chi connectivity index (χ3n) is 3.82. The van der Waals surface area contributed by atoms with Gasteiger partial charge >= 0.3 is 0 Å². The molecule has 3 rings (SSSR count). The number of nitrogens with one attached hydrogen (secondary N) is 2. The standard InChI is InChI=1S/C17H17N3O4S/c1-24-16-5-4-13(25(18,22)23)9-14(16)17(21)20-10-11-2-3-12-6-7-19-15(12)8-11/h2-9,19H,10H2,1H3,(H,20,21)(H2,18,22,23). The van der Waals surface area contributed by atoms with Gasteiger partial charge in [-0.15, -0.1) is 0 Å². The third-order valence-corrected chi connectivity index (χ3v) is 4.73. The van der Waals surface area contributed by atoms with Crippen molar-refractivity contribution in [2.75, 3.05) is 7.11 Å². The van der Waals surface area contributed by atoms with Crippen LogP contribution in [0.4, 0.5) is 0 Å². The Balaban J connectivity index is 1.82. The summed E-state index contributed by atoms with van der Waals surface area (Å²) in [6.07, 6.45) is 1.84. The first-order chi connectivity index (χ1) is 11.9. The van der Waals surface area contributed by atoms with E-state index in [-0.39, 0.29) is 22.8 Å². The van der Waals surface area contributed by atoms with E-state index in [2.05, 4.69) is 10.3 Å². The number of carbonyl (C=O) groups is 1. The number of aromatic amines is 1. The summed E-state index contributed by atoms with van der Waals surface area (Å²) in [6.45, 7) is 0.288. The first kappa shape index (κ1) is 17.0. The van der Waals surface area contributed by atoms with Crippen molar-refractivity contribution in [1.29, 1.82) is 0 Å². The van der Waals surface area contributed by atoms with Crippen LogP contribution in [0.25, 0.3) is 10.9 Å². The predicted octanol–water partition coefficient (Wildman–Crippen LogP) is 1.75. The van der Waals surface area contributed by atoms with Gasteiger partial charge in [0.15, 0.2) is 0 Å². The molecule has 8 heteroatoms. The van der Waals surface area contributed by atoms with Crippen molar-refractivity contribution < 1.29 is 17.9 Å². The molecular formula is C17H17N3O4S. The van der Waals surface area contributed by atoms with E-state index in [1.165, 1.54) is 25.3 Å². The average Bonchev–Trinajstić information content (AvgIpc) is 3.06. The van der Waals surface area contributed by atoms with Gasteiger partial charge in [-0.3, -0.25) is 4.79 Å². The van der Waals surface area contributed by atoms with Crippen LogP contribution in [0.1, 0.15) is 15.9 Å². The highest BCUT2D eigenvalue weighted by atomic mass is 32.2. The van der Waals surface area contributed by atoms with Gasteiger partial charge in [-0.2, -0.15) is 0 Å². The number of methoxy groups -OCH3 is 1. The molecular weight excluding hydrogens is 342 g/mol. The van der Waals surface area contributed by atoms with Crippen LogP contribution in [0.5, 0.6) is 5.75 Å². The molecule has 3 aromatic rings. The van der Waals surface area contributed by atoms with Gasteiger partial charge in [-0.25, -0.2) is 13.6 Å². The molecule has 0 saturated heterocycles. The third kappa shape index (κ3) is 3.65. The average molecular weight is 359 g/mol. The van der Waals surface area contributed by atoms with Crippen LogP contribution in [0.15, 0.2) is 53.6 Å². The summed E-state index contributed by atoms with van der Waals surface area (Å²) in [5.41, 5.74) is 1.99. The van der Waals surface area contributed by atoms with Crippen LogP contribution in [0.3, 0.4) is 0 Å². The zero-order valence-corrected chi connectivity index (χ0v) is 14.3. The number of benzene rings is 2. The van der Waals surface area contributed by atoms with Crippen molar-refractivity contribution in [3.8, 4) is 5.75 Å². The Labute approximate surface area is 144 Å². The van der Waals surface area contributed by atoms with Gasteiger partial charge in [0.05, 0.1) is 17.6 Å². The maximum Gasteiger partial charge on any atom is 0.255 e. The Morgan fingerprint density at radius 1 is 1.20 bits per heavy atom. The van der Waals surface area contributed by atoms with E-state index in [0.717, 1.165) is 16.5 Å². The Hall–Kier alpha value is -2.84. The van der Waals surface area contributed by atoms with Gasteiger partial charge < -0.3 is 15.0 Å². The molecule has 0 spiro atoms. The second-order valence-electron chi connectivity index (χ2n) is 5.49. The van der Waals surface area contributed by atoms with Gasteiger partial charge in [0, 0.05) is 18.3 Å². The zero-order chi connectivity index (χ0) is 18.0. The highest BCUT2D eigenvalue weighted by Crippen LogP contribution is 2.22. The Bertz CT molecular complexity index is 1040. The monoisotopic (exact) mass is 359 g/mol. The molecule has 0 aliphatic carbocycles. The number of primary sulfonamides is 1. The van der Waals surface area contributed by atoms with Gasteiger partial charge in [0.25, 0.3) is 5.91 Å². The number of rotatable bonds is 5. The molecule has 1 heterocycles. The van der Waals surface area contributed by atoms with E-state index < -0.39 is 15.9 Å². The lowest BCUT2D eigenvalue weighted by molar-refractivity contribution is 0.0947. The Kier molecular flexibility index (Phi) is 4.47. The maximum absolute atomic E-state index is 12.5. The minimum absolute atomic E-state index is 0.106. The first-order valence-corrected chi connectivity index (χ1v) is 8.98. The number of carbonyl (C=O) groups excluding carboxylic acids is 1. The lowest BCUT2D eigenvalue weighted by Crippen LogP contribution is -2.24. The van der Waals surface area contributed by atoms with Crippen molar-refractivity contribution in [2.24, 2.45) is 5.14 Å². The number of aromatic nitrogens is 1. The SMILES string of the molecule is COc1ccc(S(N)(=O)=O)cc1C(=O)NCc1ccc2cc[nH]c2c1. The molecule has 25 heavy (non-hydrogen) atoms. The minimum Gasteiger partial charge on any atom is -0.496 e. The number of hydrogen-bond acceptors (Lipinski definition) is 4. The fourth-order valence-corrected chi connectivity index (χ4v) is 3.06. The van der Waals surface area contributed by atoms with Crippen LogP contribution in [0.2, 0.25) is 0 Å². The van der Waals surface area contributed by atoms with Gasteiger partial charge in [-0.05, 0) is 41.3 Å². The Morgan fingerprint density at radius 3 is 2.72 bits per heavy atom. The molecule has 130 valence electrons. The molecule has 1 aromatic heterocycles. The maximum atomic E-state index is 12.5. The van der Waals surface area contributed by atoms with Crippen molar-refractivity contribution in [3.63, 3.8) is 0 Å². The second kappa shape index (κ2) is 6.58. The second-order valence-corrected chi connectivity index (χ2v) is 7.05. The van der Waals surface area contributed by atoms with E-state index in [9.17, 15) is 13.2 Å². The van der Waals surface area contributed by atoms with Crippen molar-refractivity contribution >= 4 is 26.8 Å². The van der Waals surface area contributed by atoms with Crippen LogP contribution < -0.4 is 15.2 Å². The van der Waals surface area contributed by atoms with Crippen LogP contribution in [0, 0.1) is 0 Å². The summed E-state index contributed by atoms with van der Waals surface area (Å²) in [4.78, 5) is 15.4. The van der Waals surface area contributed by atoms with Crippen molar-refractivity contribution in [2.45, 2.75) is 11.4 Å². The Morgan fingerprint density at radius 2 is 2.00 bits per heavy atom. The number of sulfonamides is 1. The number of hydrogen-bond donors (Lipinski definition) is 3. The number of fused-ring (bicyclic) bond motifs is 1. The smallest absolute Gasteiger partial charge is 0.255 e. The number of H-pyrrole nitrogens is 1. The molecule has 0 atom stereocenters. The molecule has 0 aliphatic heterocycles. The highest BCUT2D eigenvalue weighted by molar-refractivity contribution is 7.89. The van der Waals surface area contributed by atoms with Crippen molar-refractivity contribution in [3.05, 3.63) is 59.8 Å². The predicted molar refractivity (Wildman–Crippen MR) is 93.8 cm³/mol. The minimum atomic E-state index is -3.91. The quantitative estimate of drug-likeness (QED) is 0.644. The van der Waals surface area contributed by atoms with E-state index in [1.54, 1.807) is 0 Å². The van der Waals surface area contributed by atoms with Crippen LogP contribution in [-0.4, -0.2) is 26.4 Å². The summed E-state index contributed by atoms with van der Waals surface area (Å²) in [6, 6.07) is 11.7. The lowest BCUT2D eigenvalue weighted by Gasteiger charge is -2.11. The van der Waals surface area contributed by atoms with E-state index in [1.807, 2.05) is 30.5 Å². The zero-order valence-electron chi connectivity index (χ0n) is 13.4. The first-order valence-electron chi connectivity index (χ1n) is 7.43. The topological polar surface area (TPSA) is 114 Å². The molecule has 1 amide bonds. The van der Waals surface area contributed by atoms with E-state index in [4.69, 9.17) is 9.88 Å². The lowest BCUT2D eigenvalue weighted by atomic mass is 10.1. The van der Waals surface area contributed by atoms with Gasteiger partial charge in [0.2, 0.25) is 10.0 Å². The van der Waals surface area contributed by atoms with Gasteiger partial charge in [-0.1, -0.05) is 12.1 Å². The van der Waals surface area contributed by atoms with Crippen LogP contribution in [-0.2, 0) is 16.6 Å². The molecule has 0 saturated carbocycles. The largest absolute Gasteiger partial charge is 0.496 e. The fourth-order valence-electron chi connectivity index (χ4n) is 2.52. The molecule has 0 fully saturated rings. The molecule has 4 N–H and O–H groups in total. The molecule has 0 aliphatic rings. The summed E-state index contributed by atoms with van der Waals surface area (Å²) < 4.78 is 28.1. The molecule has 0 radical (unpaired) electrons. The number of amides is 1. The van der Waals surface area contributed by atoms with E-state index in [0.29, 0.717) is 0 Å². The summed E-state index contributed by atoms with van der Waals surface area (Å²) in [7, 11) is -2.50. The van der Waals surface area contributed by atoms with Crippen LogP contribution >= 0.6 is 0 Å². The molecule has 2 aromatic carbocycles. The summed E-state index contributed by atoms with van der Waals surface area (Å²) in [5, 5.41) is 8.96. The van der Waals surface area contributed by atoms with Gasteiger partial charge in [0.1, 0.15) is 5.75 Å². The number of nitrogens with two attached hydrogens (primary N) is 1. The molecule has 0 bridgehead atoms. The normalized spacial score (nSPS) is 11.4. The fraction of sp³-hybridized carbons (Fsp3) is 0.118. The highest BCUT2D eigenvalue weighted by Gasteiger charge is 2.17.